The third-order valence-electron chi connectivity index (χ3n) is 3.24. The molecule has 0 aliphatic carbocycles. The van der Waals surface area contributed by atoms with Gasteiger partial charge in [0.05, 0.1) is 13.2 Å². The minimum Gasteiger partial charge on any atom is -0.378 e. The van der Waals surface area contributed by atoms with Gasteiger partial charge in [-0.2, -0.15) is 0 Å². The van der Waals surface area contributed by atoms with Crippen molar-refractivity contribution in [2.75, 3.05) is 33.4 Å². The SMILES string of the molecule is CO[C@@H](CNC(=O)[C@@H]1COCCN1)c1ccccc1Cl. The maximum atomic E-state index is 12.0. The number of carbonyl (C=O) groups excluding carboxylic acids is 1. The molecule has 0 aromatic heterocycles. The number of ether oxygens (including phenoxy) is 2. The van der Waals surface area contributed by atoms with E-state index in [0.29, 0.717) is 31.3 Å². The molecular weight excluding hydrogens is 280 g/mol. The van der Waals surface area contributed by atoms with E-state index in [2.05, 4.69) is 10.6 Å². The van der Waals surface area contributed by atoms with Crippen molar-refractivity contribution in [2.24, 2.45) is 0 Å². The van der Waals surface area contributed by atoms with Crippen LogP contribution in [-0.2, 0) is 14.3 Å². The second-order valence-electron chi connectivity index (χ2n) is 4.57. The minimum atomic E-state index is -0.299. The quantitative estimate of drug-likeness (QED) is 0.856. The molecular formula is C14H19ClN2O3. The molecule has 1 aromatic carbocycles. The average molecular weight is 299 g/mol. The van der Waals surface area contributed by atoms with E-state index in [1.54, 1.807) is 13.2 Å². The van der Waals surface area contributed by atoms with E-state index in [9.17, 15) is 4.79 Å². The second-order valence-corrected chi connectivity index (χ2v) is 4.98. The van der Waals surface area contributed by atoms with Crippen LogP contribution in [-0.4, -0.2) is 45.4 Å². The Morgan fingerprint density at radius 1 is 1.60 bits per heavy atom. The first-order valence-electron chi connectivity index (χ1n) is 6.58. The first-order chi connectivity index (χ1) is 9.72. The Bertz CT molecular complexity index is 450. The fourth-order valence-electron chi connectivity index (χ4n) is 2.11. The van der Waals surface area contributed by atoms with Crippen molar-refractivity contribution in [2.45, 2.75) is 12.1 Å². The van der Waals surface area contributed by atoms with Crippen LogP contribution in [0.2, 0.25) is 5.02 Å². The van der Waals surface area contributed by atoms with Gasteiger partial charge >= 0.3 is 0 Å². The Morgan fingerprint density at radius 3 is 3.05 bits per heavy atom. The van der Waals surface area contributed by atoms with Crippen LogP contribution in [0.5, 0.6) is 0 Å². The van der Waals surface area contributed by atoms with Crippen molar-refractivity contribution in [3.8, 4) is 0 Å². The summed E-state index contributed by atoms with van der Waals surface area (Å²) < 4.78 is 10.7. The first-order valence-corrected chi connectivity index (χ1v) is 6.96. The lowest BCUT2D eigenvalue weighted by Gasteiger charge is -2.24. The van der Waals surface area contributed by atoms with E-state index in [-0.39, 0.29) is 18.1 Å². The molecule has 2 N–H and O–H groups in total. The van der Waals surface area contributed by atoms with E-state index in [1.165, 1.54) is 0 Å². The van der Waals surface area contributed by atoms with Gasteiger partial charge in [-0.15, -0.1) is 0 Å². The maximum absolute atomic E-state index is 12.0. The molecule has 20 heavy (non-hydrogen) atoms. The first kappa shape index (κ1) is 15.3. The number of morpholine rings is 1. The van der Waals surface area contributed by atoms with Gasteiger partial charge in [-0.25, -0.2) is 0 Å². The van der Waals surface area contributed by atoms with Gasteiger partial charge in [0.25, 0.3) is 0 Å². The zero-order chi connectivity index (χ0) is 14.4. The van der Waals surface area contributed by atoms with Crippen molar-refractivity contribution < 1.29 is 14.3 Å². The molecule has 1 fully saturated rings. The van der Waals surface area contributed by atoms with Crippen LogP contribution in [0.25, 0.3) is 0 Å². The number of carbonyl (C=O) groups is 1. The summed E-state index contributed by atoms with van der Waals surface area (Å²) in [5.74, 6) is -0.0844. The third kappa shape index (κ3) is 3.93. The Hall–Kier alpha value is -1.14. The molecule has 1 saturated heterocycles. The highest BCUT2D eigenvalue weighted by molar-refractivity contribution is 6.31. The zero-order valence-corrected chi connectivity index (χ0v) is 12.2. The van der Waals surface area contributed by atoms with E-state index >= 15 is 0 Å². The number of halogens is 1. The maximum Gasteiger partial charge on any atom is 0.239 e. The van der Waals surface area contributed by atoms with Crippen molar-refractivity contribution >= 4 is 17.5 Å². The van der Waals surface area contributed by atoms with Crippen LogP contribution in [0.3, 0.4) is 0 Å². The molecule has 2 atom stereocenters. The zero-order valence-electron chi connectivity index (χ0n) is 11.4. The van der Waals surface area contributed by atoms with Crippen molar-refractivity contribution in [1.82, 2.24) is 10.6 Å². The molecule has 1 heterocycles. The van der Waals surface area contributed by atoms with Gasteiger partial charge in [0, 0.05) is 30.8 Å². The molecule has 110 valence electrons. The summed E-state index contributed by atoms with van der Waals surface area (Å²) in [5, 5.41) is 6.60. The van der Waals surface area contributed by atoms with Crippen LogP contribution in [0, 0.1) is 0 Å². The lowest BCUT2D eigenvalue weighted by molar-refractivity contribution is -0.126. The average Bonchev–Trinajstić information content (AvgIpc) is 2.50. The number of rotatable bonds is 5. The number of benzene rings is 1. The molecule has 1 amide bonds. The molecule has 1 aromatic rings. The number of methoxy groups -OCH3 is 1. The predicted molar refractivity (Wildman–Crippen MR) is 76.8 cm³/mol. The number of hydrogen-bond donors (Lipinski definition) is 2. The highest BCUT2D eigenvalue weighted by Crippen LogP contribution is 2.24. The van der Waals surface area contributed by atoms with E-state index < -0.39 is 0 Å². The monoisotopic (exact) mass is 298 g/mol. The van der Waals surface area contributed by atoms with Crippen LogP contribution in [0.4, 0.5) is 0 Å². The standard InChI is InChI=1S/C14H19ClN2O3/c1-19-13(10-4-2-3-5-11(10)15)8-17-14(18)12-9-20-7-6-16-12/h2-5,12-13,16H,6-9H2,1H3,(H,17,18)/t12-,13-/m0/s1. The number of amides is 1. The van der Waals surface area contributed by atoms with Gasteiger partial charge in [-0.05, 0) is 6.07 Å². The summed E-state index contributed by atoms with van der Waals surface area (Å²) in [6.07, 6.45) is -0.267. The van der Waals surface area contributed by atoms with Crippen molar-refractivity contribution in [3.05, 3.63) is 34.9 Å². The van der Waals surface area contributed by atoms with Crippen molar-refractivity contribution in [1.29, 1.82) is 0 Å². The van der Waals surface area contributed by atoms with E-state index in [0.717, 1.165) is 5.56 Å². The largest absolute Gasteiger partial charge is 0.378 e. The highest BCUT2D eigenvalue weighted by Gasteiger charge is 2.22. The normalized spacial score (nSPS) is 20.4. The van der Waals surface area contributed by atoms with Crippen molar-refractivity contribution in [3.63, 3.8) is 0 Å². The molecule has 0 radical (unpaired) electrons. The smallest absolute Gasteiger partial charge is 0.239 e. The molecule has 1 aliphatic heterocycles. The molecule has 2 rings (SSSR count). The van der Waals surface area contributed by atoms with Gasteiger partial charge in [0.1, 0.15) is 12.1 Å². The van der Waals surface area contributed by atoms with Crippen LogP contribution in [0.15, 0.2) is 24.3 Å². The summed E-state index contributed by atoms with van der Waals surface area (Å²) in [6, 6.07) is 7.16. The molecule has 0 unspecified atom stereocenters. The second kappa shape index (κ2) is 7.59. The Balaban J connectivity index is 1.90. The fraction of sp³-hybridized carbons (Fsp3) is 0.500. The summed E-state index contributed by atoms with van der Waals surface area (Å²) in [6.45, 7) is 2.10. The Kier molecular flexibility index (Phi) is 5.79. The summed E-state index contributed by atoms with van der Waals surface area (Å²) in [7, 11) is 1.60. The Morgan fingerprint density at radius 2 is 2.40 bits per heavy atom. The summed E-state index contributed by atoms with van der Waals surface area (Å²) in [5.41, 5.74) is 0.866. The fourth-order valence-corrected chi connectivity index (χ4v) is 2.36. The van der Waals surface area contributed by atoms with Gasteiger partial charge < -0.3 is 20.1 Å². The van der Waals surface area contributed by atoms with E-state index in [4.69, 9.17) is 21.1 Å². The molecule has 1 aliphatic rings. The molecule has 6 heteroatoms. The summed E-state index contributed by atoms with van der Waals surface area (Å²) in [4.78, 5) is 12.0. The number of nitrogens with one attached hydrogen (secondary N) is 2. The molecule has 0 bridgehead atoms. The molecule has 0 saturated carbocycles. The highest BCUT2D eigenvalue weighted by atomic mass is 35.5. The minimum absolute atomic E-state index is 0.0844. The molecule has 5 nitrogen and oxygen atoms in total. The third-order valence-corrected chi connectivity index (χ3v) is 3.58. The van der Waals surface area contributed by atoms with Crippen LogP contribution in [0.1, 0.15) is 11.7 Å². The predicted octanol–water partition coefficient (Wildman–Crippen LogP) is 1.13. The van der Waals surface area contributed by atoms with Gasteiger partial charge in [0.15, 0.2) is 0 Å². The molecule has 0 spiro atoms. The topological polar surface area (TPSA) is 59.6 Å². The van der Waals surface area contributed by atoms with Gasteiger partial charge in [-0.1, -0.05) is 29.8 Å². The number of hydrogen-bond acceptors (Lipinski definition) is 4. The lowest BCUT2D eigenvalue weighted by Crippen LogP contribution is -2.51. The van der Waals surface area contributed by atoms with Gasteiger partial charge in [0.2, 0.25) is 5.91 Å². The Labute approximate surface area is 123 Å². The van der Waals surface area contributed by atoms with E-state index in [1.807, 2.05) is 18.2 Å². The van der Waals surface area contributed by atoms with Gasteiger partial charge in [-0.3, -0.25) is 4.79 Å². The summed E-state index contributed by atoms with van der Waals surface area (Å²) >= 11 is 6.14. The van der Waals surface area contributed by atoms with Crippen LogP contribution >= 0.6 is 11.6 Å². The van der Waals surface area contributed by atoms with Crippen LogP contribution < -0.4 is 10.6 Å². The lowest BCUT2D eigenvalue weighted by atomic mass is 10.1.